The Balaban J connectivity index is -0.000000569. The second-order valence-electron chi connectivity index (χ2n) is 9.96. The minimum Gasteiger partial charge on any atom is -0.396 e. The van der Waals surface area contributed by atoms with Crippen molar-refractivity contribution in [3.05, 3.63) is 0 Å². The van der Waals surface area contributed by atoms with Crippen LogP contribution in [0.15, 0.2) is 0 Å². The monoisotopic (exact) mass is 470 g/mol. The molecule has 0 aromatic rings. The molecule has 0 spiro atoms. The van der Waals surface area contributed by atoms with Gasteiger partial charge in [0.1, 0.15) is 11.6 Å². The van der Waals surface area contributed by atoms with E-state index in [1.807, 2.05) is 0 Å². The van der Waals surface area contributed by atoms with E-state index in [0.717, 1.165) is 43.9 Å². The molecular formula is C30H62O3. The molecule has 0 saturated carbocycles. The molecule has 0 fully saturated rings. The predicted molar refractivity (Wildman–Crippen MR) is 147 cm³/mol. The van der Waals surface area contributed by atoms with Crippen LogP contribution in [0, 0.1) is 17.8 Å². The minimum absolute atomic E-state index is 0.167. The molecule has 1 N–H and O–H groups in total. The summed E-state index contributed by atoms with van der Waals surface area (Å²) >= 11 is 0. The highest BCUT2D eigenvalue weighted by molar-refractivity contribution is 5.78. The van der Waals surface area contributed by atoms with Gasteiger partial charge in [-0.3, -0.25) is 4.79 Å². The highest BCUT2D eigenvalue weighted by atomic mass is 16.3. The van der Waals surface area contributed by atoms with Crippen LogP contribution >= 0.6 is 0 Å². The van der Waals surface area contributed by atoms with Gasteiger partial charge in [-0.05, 0) is 50.9 Å². The molecule has 0 aliphatic heterocycles. The number of unbranched alkanes of at least 4 members (excludes halogenated alkanes) is 3. The van der Waals surface area contributed by atoms with Crippen molar-refractivity contribution in [3.63, 3.8) is 0 Å². The van der Waals surface area contributed by atoms with Gasteiger partial charge in [-0.1, -0.05) is 112 Å². The van der Waals surface area contributed by atoms with Gasteiger partial charge in [0.05, 0.1) is 0 Å². The van der Waals surface area contributed by atoms with Crippen LogP contribution < -0.4 is 0 Å². The van der Waals surface area contributed by atoms with Crippen molar-refractivity contribution in [2.24, 2.45) is 17.8 Å². The number of carbonyl (C=O) groups excluding carboxylic acids is 2. The van der Waals surface area contributed by atoms with Crippen LogP contribution in [0.25, 0.3) is 0 Å². The topological polar surface area (TPSA) is 54.4 Å². The van der Waals surface area contributed by atoms with E-state index < -0.39 is 0 Å². The predicted octanol–water partition coefficient (Wildman–Crippen LogP) is 9.34. The smallest absolute Gasteiger partial charge is 0.132 e. The Hall–Kier alpha value is -0.700. The Bertz CT molecular complexity index is 375. The van der Waals surface area contributed by atoms with Gasteiger partial charge in [0, 0.05) is 19.4 Å². The van der Waals surface area contributed by atoms with E-state index in [1.54, 1.807) is 0 Å². The van der Waals surface area contributed by atoms with Gasteiger partial charge in [-0.15, -0.1) is 0 Å². The maximum absolute atomic E-state index is 12.0. The van der Waals surface area contributed by atoms with E-state index in [9.17, 15) is 9.59 Å². The molecule has 0 aliphatic rings. The Morgan fingerprint density at radius 1 is 0.576 bits per heavy atom. The lowest BCUT2D eigenvalue weighted by atomic mass is 9.90. The zero-order valence-corrected chi connectivity index (χ0v) is 24.0. The third-order valence-electron chi connectivity index (χ3n) is 6.55. The van der Waals surface area contributed by atoms with E-state index in [-0.39, 0.29) is 5.78 Å². The molecule has 0 radical (unpaired) electrons. The summed E-state index contributed by atoms with van der Waals surface area (Å²) in [6.45, 7) is 16.8. The molecule has 0 rings (SSSR count). The first-order valence-electron chi connectivity index (χ1n) is 14.3. The highest BCUT2D eigenvalue weighted by Gasteiger charge is 2.12. The van der Waals surface area contributed by atoms with E-state index >= 15 is 0 Å². The maximum Gasteiger partial charge on any atom is 0.132 e. The van der Waals surface area contributed by atoms with Gasteiger partial charge in [0.2, 0.25) is 0 Å². The fourth-order valence-electron chi connectivity index (χ4n) is 3.86. The van der Waals surface area contributed by atoms with Crippen LogP contribution in [0.4, 0.5) is 0 Å². The summed E-state index contributed by atoms with van der Waals surface area (Å²) in [7, 11) is 0. The number of ketones is 2. The normalized spacial score (nSPS) is 13.1. The molecule has 0 aromatic carbocycles. The maximum atomic E-state index is 12.0. The first kappa shape index (κ1) is 36.9. The standard InChI is InChI=1S/C19H38O.C8H18O.C3H6O/c1-5-9-11-17(7-3)13-15-19(20)16-14-18(8-4)12-10-6-2;1-3-5-6-8(4-2)7-9;1-3(2)4/h17-18H,5-16H2,1-4H3;8-9H,3-7H2,1-2H3;1-2H3. The van der Waals surface area contributed by atoms with Crippen LogP contribution in [0.5, 0.6) is 0 Å². The Labute approximate surface area is 208 Å². The fraction of sp³-hybridized carbons (Fsp3) is 0.933. The summed E-state index contributed by atoms with van der Waals surface area (Å²) in [4.78, 5) is 21.5. The second-order valence-corrected chi connectivity index (χ2v) is 9.96. The van der Waals surface area contributed by atoms with Crippen molar-refractivity contribution in [1.82, 2.24) is 0 Å². The van der Waals surface area contributed by atoms with Gasteiger partial charge in [0.25, 0.3) is 0 Å². The van der Waals surface area contributed by atoms with Gasteiger partial charge < -0.3 is 9.90 Å². The molecular weight excluding hydrogens is 408 g/mol. The molecule has 0 heterocycles. The molecule has 3 heteroatoms. The fourth-order valence-corrected chi connectivity index (χ4v) is 3.86. The first-order valence-corrected chi connectivity index (χ1v) is 14.3. The van der Waals surface area contributed by atoms with E-state index in [4.69, 9.17) is 5.11 Å². The quantitative estimate of drug-likeness (QED) is 0.204. The average molecular weight is 471 g/mol. The minimum atomic E-state index is 0.167. The van der Waals surface area contributed by atoms with E-state index in [2.05, 4.69) is 41.5 Å². The molecule has 0 aromatic heterocycles. The van der Waals surface area contributed by atoms with Crippen molar-refractivity contribution < 1.29 is 14.7 Å². The van der Waals surface area contributed by atoms with Crippen molar-refractivity contribution in [1.29, 1.82) is 0 Å². The van der Waals surface area contributed by atoms with Gasteiger partial charge >= 0.3 is 0 Å². The SMILES string of the molecule is CC(C)=O.CCCCC(CC)CCC(=O)CCC(CC)CCCC.CCCCC(CC)CO. The molecule has 0 amide bonds. The van der Waals surface area contributed by atoms with Crippen LogP contribution in [-0.4, -0.2) is 23.3 Å². The summed E-state index contributed by atoms with van der Waals surface area (Å²) in [6, 6.07) is 0. The molecule has 3 unspecified atom stereocenters. The largest absolute Gasteiger partial charge is 0.396 e. The lowest BCUT2D eigenvalue weighted by molar-refractivity contribution is -0.119. The summed E-state index contributed by atoms with van der Waals surface area (Å²) < 4.78 is 0. The van der Waals surface area contributed by atoms with Crippen molar-refractivity contribution in [2.45, 2.75) is 158 Å². The summed E-state index contributed by atoms with van der Waals surface area (Å²) in [5, 5.41) is 8.75. The highest BCUT2D eigenvalue weighted by Crippen LogP contribution is 2.22. The summed E-state index contributed by atoms with van der Waals surface area (Å²) in [5.74, 6) is 2.79. The zero-order chi connectivity index (χ0) is 25.9. The second kappa shape index (κ2) is 29.3. The molecule has 33 heavy (non-hydrogen) atoms. The molecule has 0 aliphatic carbocycles. The number of hydrogen-bond acceptors (Lipinski definition) is 3. The van der Waals surface area contributed by atoms with Gasteiger partial charge in [0.15, 0.2) is 0 Å². The summed E-state index contributed by atoms with van der Waals surface area (Å²) in [6.07, 6.45) is 19.0. The Kier molecular flexibility index (Phi) is 32.8. The van der Waals surface area contributed by atoms with Crippen molar-refractivity contribution >= 4 is 11.6 Å². The van der Waals surface area contributed by atoms with Gasteiger partial charge in [-0.25, -0.2) is 0 Å². The van der Waals surface area contributed by atoms with Crippen LogP contribution in [0.2, 0.25) is 0 Å². The summed E-state index contributed by atoms with van der Waals surface area (Å²) in [5.41, 5.74) is 0. The van der Waals surface area contributed by atoms with Crippen LogP contribution in [-0.2, 0) is 9.59 Å². The van der Waals surface area contributed by atoms with E-state index in [0.29, 0.717) is 18.3 Å². The lowest BCUT2D eigenvalue weighted by Gasteiger charge is -2.15. The number of carbonyl (C=O) groups is 2. The lowest BCUT2D eigenvalue weighted by Crippen LogP contribution is -2.07. The van der Waals surface area contributed by atoms with Crippen molar-refractivity contribution in [3.8, 4) is 0 Å². The van der Waals surface area contributed by atoms with Crippen molar-refractivity contribution in [2.75, 3.05) is 6.61 Å². The number of aliphatic hydroxyl groups excluding tert-OH is 1. The number of hydrogen-bond donors (Lipinski definition) is 1. The molecule has 3 atom stereocenters. The van der Waals surface area contributed by atoms with Gasteiger partial charge in [-0.2, -0.15) is 0 Å². The number of rotatable bonds is 19. The van der Waals surface area contributed by atoms with Crippen LogP contribution in [0.1, 0.15) is 158 Å². The number of Topliss-reactive ketones (excluding diaryl/α,β-unsaturated/α-hetero) is 2. The zero-order valence-electron chi connectivity index (χ0n) is 24.0. The number of aliphatic hydroxyl groups is 1. The van der Waals surface area contributed by atoms with Crippen LogP contribution in [0.3, 0.4) is 0 Å². The Morgan fingerprint density at radius 3 is 1.12 bits per heavy atom. The molecule has 0 saturated heterocycles. The molecule has 3 nitrogen and oxygen atoms in total. The first-order chi connectivity index (χ1) is 15.7. The third kappa shape index (κ3) is 31.3. The average Bonchev–Trinajstić information content (AvgIpc) is 2.80. The van der Waals surface area contributed by atoms with E-state index in [1.165, 1.54) is 84.5 Å². The Morgan fingerprint density at radius 2 is 0.879 bits per heavy atom. The molecule has 0 bridgehead atoms. The molecule has 200 valence electrons. The third-order valence-corrected chi connectivity index (χ3v) is 6.55.